The fraction of sp³-hybridized carbons (Fsp3) is 0.250. The predicted molar refractivity (Wildman–Crippen MR) is 63.2 cm³/mol. The molecule has 0 bridgehead atoms. The van der Waals surface area contributed by atoms with Crippen molar-refractivity contribution >= 4 is 17.5 Å². The average Bonchev–Trinajstić information content (AvgIpc) is 2.17. The summed E-state index contributed by atoms with van der Waals surface area (Å²) in [4.78, 5) is 16.0. The minimum atomic E-state index is -0.190. The zero-order valence-corrected chi connectivity index (χ0v) is 9.67. The standard InChI is InChI=1S/C12H13NOS/c1-8-11(13(2)3)12(14)9-6-4-5-7-10(9)15-8/h4-7,11H,1H2,2-3H3. The molecule has 0 saturated heterocycles. The van der Waals surface area contributed by atoms with Gasteiger partial charge in [-0.05, 0) is 20.2 Å². The van der Waals surface area contributed by atoms with Crippen molar-refractivity contribution in [2.45, 2.75) is 10.9 Å². The highest BCUT2D eigenvalue weighted by atomic mass is 32.2. The molecule has 1 aliphatic heterocycles. The van der Waals surface area contributed by atoms with Gasteiger partial charge in [-0.3, -0.25) is 9.69 Å². The lowest BCUT2D eigenvalue weighted by atomic mass is 10.0. The molecule has 3 heteroatoms. The van der Waals surface area contributed by atoms with Crippen LogP contribution in [0.5, 0.6) is 0 Å². The molecule has 1 unspecified atom stereocenters. The van der Waals surface area contributed by atoms with Gasteiger partial charge in [0.2, 0.25) is 0 Å². The summed E-state index contributed by atoms with van der Waals surface area (Å²) in [5.74, 6) is 0.152. The van der Waals surface area contributed by atoms with Gasteiger partial charge in [0.05, 0.1) is 0 Å². The molecule has 2 nitrogen and oxygen atoms in total. The van der Waals surface area contributed by atoms with Crippen LogP contribution in [0.25, 0.3) is 0 Å². The van der Waals surface area contributed by atoms with Crippen molar-refractivity contribution in [3.63, 3.8) is 0 Å². The van der Waals surface area contributed by atoms with Gasteiger partial charge in [0.15, 0.2) is 5.78 Å². The quantitative estimate of drug-likeness (QED) is 0.723. The number of thioether (sulfide) groups is 1. The van der Waals surface area contributed by atoms with E-state index in [0.717, 1.165) is 15.4 Å². The number of hydrogen-bond donors (Lipinski definition) is 0. The van der Waals surface area contributed by atoms with Crippen LogP contribution in [0.1, 0.15) is 10.4 Å². The van der Waals surface area contributed by atoms with Crippen molar-refractivity contribution in [2.75, 3.05) is 14.1 Å². The summed E-state index contributed by atoms with van der Waals surface area (Å²) in [6.45, 7) is 3.97. The molecular formula is C12H13NOS. The first-order chi connectivity index (χ1) is 7.11. The molecule has 1 aromatic carbocycles. The molecule has 0 fully saturated rings. The molecular weight excluding hydrogens is 206 g/mol. The summed E-state index contributed by atoms with van der Waals surface area (Å²) in [6.07, 6.45) is 0. The molecule has 0 saturated carbocycles. The summed E-state index contributed by atoms with van der Waals surface area (Å²) >= 11 is 1.60. The van der Waals surface area contributed by atoms with Gasteiger partial charge in [0.25, 0.3) is 0 Å². The molecule has 0 amide bonds. The molecule has 15 heavy (non-hydrogen) atoms. The first-order valence-electron chi connectivity index (χ1n) is 4.77. The number of fused-ring (bicyclic) bond motifs is 1. The topological polar surface area (TPSA) is 20.3 Å². The zero-order valence-electron chi connectivity index (χ0n) is 8.86. The van der Waals surface area contributed by atoms with Crippen molar-refractivity contribution in [1.29, 1.82) is 0 Å². The molecule has 0 aliphatic carbocycles. The number of likely N-dealkylation sites (N-methyl/N-ethyl adjacent to an activating group) is 1. The van der Waals surface area contributed by atoms with Crippen molar-refractivity contribution in [2.24, 2.45) is 0 Å². The number of Topliss-reactive ketones (excluding diaryl/α,β-unsaturated/α-hetero) is 1. The SMILES string of the molecule is C=C1Sc2ccccc2C(=O)C1N(C)C. The van der Waals surface area contributed by atoms with Gasteiger partial charge in [-0.2, -0.15) is 0 Å². The normalized spacial score (nSPS) is 20.6. The van der Waals surface area contributed by atoms with E-state index in [-0.39, 0.29) is 11.8 Å². The Labute approximate surface area is 94.0 Å². The Balaban J connectivity index is 2.48. The fourth-order valence-electron chi connectivity index (χ4n) is 1.77. The van der Waals surface area contributed by atoms with Crippen LogP contribution in [0, 0.1) is 0 Å². The fourth-order valence-corrected chi connectivity index (χ4v) is 2.91. The highest BCUT2D eigenvalue weighted by molar-refractivity contribution is 8.03. The number of carbonyl (C=O) groups is 1. The summed E-state index contributed by atoms with van der Waals surface area (Å²) < 4.78 is 0. The lowest BCUT2D eigenvalue weighted by molar-refractivity contribution is 0.0904. The largest absolute Gasteiger partial charge is 0.295 e. The van der Waals surface area contributed by atoms with Gasteiger partial charge in [-0.1, -0.05) is 36.5 Å². The lowest BCUT2D eigenvalue weighted by Gasteiger charge is -2.29. The minimum Gasteiger partial charge on any atom is -0.295 e. The van der Waals surface area contributed by atoms with Gasteiger partial charge in [0.1, 0.15) is 6.04 Å². The number of nitrogens with zero attached hydrogens (tertiary/aromatic N) is 1. The minimum absolute atomic E-state index is 0.152. The predicted octanol–water partition coefficient (Wildman–Crippen LogP) is 2.42. The van der Waals surface area contributed by atoms with Crippen LogP contribution in [-0.2, 0) is 0 Å². The van der Waals surface area contributed by atoms with E-state index in [9.17, 15) is 4.79 Å². The van der Waals surface area contributed by atoms with E-state index in [4.69, 9.17) is 0 Å². The summed E-state index contributed by atoms with van der Waals surface area (Å²) in [5, 5.41) is 0. The summed E-state index contributed by atoms with van der Waals surface area (Å²) in [7, 11) is 3.81. The lowest BCUT2D eigenvalue weighted by Crippen LogP contribution is -2.38. The van der Waals surface area contributed by atoms with E-state index in [1.807, 2.05) is 43.3 Å². The van der Waals surface area contributed by atoms with E-state index in [2.05, 4.69) is 6.58 Å². The smallest absolute Gasteiger partial charge is 0.186 e. The van der Waals surface area contributed by atoms with Crippen molar-refractivity contribution in [3.05, 3.63) is 41.3 Å². The van der Waals surface area contributed by atoms with Crippen molar-refractivity contribution < 1.29 is 4.79 Å². The second-order valence-corrected chi connectivity index (χ2v) is 4.96. The van der Waals surface area contributed by atoms with Crippen LogP contribution >= 0.6 is 11.8 Å². The Kier molecular flexibility index (Phi) is 2.67. The molecule has 1 heterocycles. The first-order valence-corrected chi connectivity index (χ1v) is 5.59. The highest BCUT2D eigenvalue weighted by Crippen LogP contribution is 2.38. The van der Waals surface area contributed by atoms with E-state index in [0.29, 0.717) is 0 Å². The molecule has 0 N–H and O–H groups in total. The number of rotatable bonds is 1. The van der Waals surface area contributed by atoms with Crippen LogP contribution in [-0.4, -0.2) is 30.8 Å². The molecule has 0 aromatic heterocycles. The number of ketones is 1. The van der Waals surface area contributed by atoms with Crippen molar-refractivity contribution in [1.82, 2.24) is 4.90 Å². The van der Waals surface area contributed by atoms with Gasteiger partial charge in [0, 0.05) is 15.4 Å². The maximum atomic E-state index is 12.2. The molecule has 1 atom stereocenters. The second kappa shape index (κ2) is 3.83. The summed E-state index contributed by atoms with van der Waals surface area (Å²) in [6, 6.07) is 7.51. The molecule has 2 rings (SSSR count). The van der Waals surface area contributed by atoms with Gasteiger partial charge < -0.3 is 0 Å². The zero-order chi connectivity index (χ0) is 11.0. The Bertz CT molecular complexity index is 425. The first kappa shape index (κ1) is 10.5. The van der Waals surface area contributed by atoms with Crippen LogP contribution in [0.2, 0.25) is 0 Å². The third-order valence-electron chi connectivity index (χ3n) is 2.46. The van der Waals surface area contributed by atoms with E-state index in [1.165, 1.54) is 0 Å². The van der Waals surface area contributed by atoms with Crippen LogP contribution in [0.15, 0.2) is 40.6 Å². The Hall–Kier alpha value is -1.06. The van der Waals surface area contributed by atoms with Gasteiger partial charge in [-0.25, -0.2) is 0 Å². The van der Waals surface area contributed by atoms with Crippen LogP contribution < -0.4 is 0 Å². The third kappa shape index (κ3) is 1.73. The molecule has 0 spiro atoms. The van der Waals surface area contributed by atoms with Crippen LogP contribution in [0.4, 0.5) is 0 Å². The highest BCUT2D eigenvalue weighted by Gasteiger charge is 2.31. The Morgan fingerprint density at radius 2 is 2.00 bits per heavy atom. The van der Waals surface area contributed by atoms with E-state index < -0.39 is 0 Å². The number of benzene rings is 1. The number of hydrogen-bond acceptors (Lipinski definition) is 3. The average molecular weight is 219 g/mol. The monoisotopic (exact) mass is 219 g/mol. The second-order valence-electron chi connectivity index (χ2n) is 3.79. The van der Waals surface area contributed by atoms with E-state index in [1.54, 1.807) is 11.8 Å². The molecule has 78 valence electrons. The number of carbonyl (C=O) groups excluding carboxylic acids is 1. The molecule has 1 aromatic rings. The Morgan fingerprint density at radius 3 is 2.67 bits per heavy atom. The molecule has 1 aliphatic rings. The molecule has 0 radical (unpaired) electrons. The van der Waals surface area contributed by atoms with Gasteiger partial charge >= 0.3 is 0 Å². The van der Waals surface area contributed by atoms with Crippen molar-refractivity contribution in [3.8, 4) is 0 Å². The van der Waals surface area contributed by atoms with Gasteiger partial charge in [-0.15, -0.1) is 0 Å². The Morgan fingerprint density at radius 1 is 1.33 bits per heavy atom. The maximum Gasteiger partial charge on any atom is 0.186 e. The maximum absolute atomic E-state index is 12.2. The summed E-state index contributed by atoms with van der Waals surface area (Å²) in [5.41, 5.74) is 0.814. The third-order valence-corrected chi connectivity index (χ3v) is 3.52. The van der Waals surface area contributed by atoms with E-state index >= 15 is 0 Å². The van der Waals surface area contributed by atoms with Crippen LogP contribution in [0.3, 0.4) is 0 Å².